The van der Waals surface area contributed by atoms with Crippen LogP contribution in [0.1, 0.15) is 26.5 Å². The molecule has 1 aromatic heterocycles. The molecule has 19 heavy (non-hydrogen) atoms. The second-order valence-electron chi connectivity index (χ2n) is 5.05. The van der Waals surface area contributed by atoms with Crippen LogP contribution in [0, 0.1) is 0 Å². The van der Waals surface area contributed by atoms with E-state index < -0.39 is 22.5 Å². The van der Waals surface area contributed by atoms with Crippen LogP contribution in [-0.4, -0.2) is 37.9 Å². The molecule has 1 N–H and O–H groups in total. The van der Waals surface area contributed by atoms with Crippen LogP contribution in [0.5, 0.6) is 0 Å². The summed E-state index contributed by atoms with van der Waals surface area (Å²) in [5, 5.41) is 2.50. The van der Waals surface area contributed by atoms with Gasteiger partial charge in [-0.2, -0.15) is 0 Å². The third-order valence-electron chi connectivity index (χ3n) is 1.98. The summed E-state index contributed by atoms with van der Waals surface area (Å²) in [4.78, 5) is 19.7. The zero-order chi connectivity index (χ0) is 14.5. The average molecular weight is 285 g/mol. The number of hydrogen-bond donors (Lipinski definition) is 1. The van der Waals surface area contributed by atoms with Crippen molar-refractivity contribution in [1.82, 2.24) is 9.97 Å². The van der Waals surface area contributed by atoms with E-state index in [4.69, 9.17) is 4.74 Å². The van der Waals surface area contributed by atoms with Crippen molar-refractivity contribution in [2.75, 3.05) is 17.3 Å². The van der Waals surface area contributed by atoms with Crippen molar-refractivity contribution in [2.45, 2.75) is 32.8 Å². The molecular weight excluding hydrogens is 266 g/mol. The number of anilines is 1. The molecule has 0 aromatic carbocycles. The highest BCUT2D eigenvalue weighted by Gasteiger charge is 2.16. The molecule has 0 aliphatic heterocycles. The highest BCUT2D eigenvalue weighted by molar-refractivity contribution is 7.84. The number of nitrogens with one attached hydrogen (secondary N) is 1. The lowest BCUT2D eigenvalue weighted by Gasteiger charge is -2.19. The van der Waals surface area contributed by atoms with Crippen LogP contribution in [0.4, 0.5) is 10.6 Å². The van der Waals surface area contributed by atoms with E-state index in [-0.39, 0.29) is 0 Å². The van der Waals surface area contributed by atoms with Gasteiger partial charge in [-0.25, -0.2) is 9.78 Å². The highest BCUT2D eigenvalue weighted by atomic mass is 32.2. The van der Waals surface area contributed by atoms with Crippen molar-refractivity contribution in [3.8, 4) is 0 Å². The minimum atomic E-state index is -0.849. The number of aromatic nitrogens is 2. The lowest BCUT2D eigenvalue weighted by atomic mass is 10.2. The van der Waals surface area contributed by atoms with Crippen LogP contribution < -0.4 is 5.32 Å². The van der Waals surface area contributed by atoms with Crippen LogP contribution in [-0.2, 0) is 22.0 Å². The Balaban J connectivity index is 2.52. The summed E-state index contributed by atoms with van der Waals surface area (Å²) in [6, 6.07) is 0. The van der Waals surface area contributed by atoms with E-state index >= 15 is 0 Å². The maximum absolute atomic E-state index is 11.5. The van der Waals surface area contributed by atoms with Gasteiger partial charge in [-0.1, -0.05) is 0 Å². The normalized spacial score (nSPS) is 12.8. The van der Waals surface area contributed by atoms with Crippen molar-refractivity contribution >= 4 is 22.7 Å². The fourth-order valence-corrected chi connectivity index (χ4v) is 1.70. The largest absolute Gasteiger partial charge is 0.444 e. The van der Waals surface area contributed by atoms with Crippen LogP contribution in [0.15, 0.2) is 12.4 Å². The molecule has 0 aliphatic rings. The van der Waals surface area contributed by atoms with Crippen molar-refractivity contribution in [3.63, 3.8) is 0 Å². The second kappa shape index (κ2) is 6.60. The van der Waals surface area contributed by atoms with Crippen molar-refractivity contribution in [3.05, 3.63) is 18.1 Å². The van der Waals surface area contributed by atoms with E-state index in [1.807, 2.05) is 0 Å². The Kier molecular flexibility index (Phi) is 5.41. The molecule has 0 fully saturated rings. The van der Waals surface area contributed by atoms with Gasteiger partial charge in [0.1, 0.15) is 5.60 Å². The number of carbonyl (C=O) groups is 1. The monoisotopic (exact) mass is 285 g/mol. The van der Waals surface area contributed by atoms with Crippen molar-refractivity contribution < 1.29 is 13.7 Å². The van der Waals surface area contributed by atoms with Gasteiger partial charge in [0.2, 0.25) is 0 Å². The smallest absolute Gasteiger partial charge is 0.413 e. The molecule has 6 nitrogen and oxygen atoms in total. The summed E-state index contributed by atoms with van der Waals surface area (Å²) in [5.41, 5.74) is 0.188. The van der Waals surface area contributed by atoms with Gasteiger partial charge in [-0.3, -0.25) is 14.5 Å². The van der Waals surface area contributed by atoms with Gasteiger partial charge < -0.3 is 4.74 Å². The predicted molar refractivity (Wildman–Crippen MR) is 74.5 cm³/mol. The van der Waals surface area contributed by atoms with Crippen LogP contribution >= 0.6 is 0 Å². The quantitative estimate of drug-likeness (QED) is 0.911. The molecule has 0 saturated carbocycles. The number of carbonyl (C=O) groups excluding carboxylic acids is 1. The molecule has 7 heteroatoms. The number of amides is 1. The summed E-state index contributed by atoms with van der Waals surface area (Å²) in [5.74, 6) is 0.878. The summed E-state index contributed by atoms with van der Waals surface area (Å²) in [7, 11) is -0.849. The third kappa shape index (κ3) is 6.85. The molecule has 1 amide bonds. The topological polar surface area (TPSA) is 81.2 Å². The average Bonchev–Trinajstić information content (AvgIpc) is 2.25. The molecular formula is C12H19N3O3S. The molecule has 0 bridgehead atoms. The Morgan fingerprint density at radius 1 is 1.37 bits per heavy atom. The Labute approximate surface area is 115 Å². The molecule has 1 aromatic rings. The van der Waals surface area contributed by atoms with E-state index in [0.29, 0.717) is 18.0 Å². The van der Waals surface area contributed by atoms with Gasteiger partial charge >= 0.3 is 6.09 Å². The van der Waals surface area contributed by atoms with E-state index in [2.05, 4.69) is 15.3 Å². The van der Waals surface area contributed by atoms with Crippen LogP contribution in [0.2, 0.25) is 0 Å². The standard InChI is InChI=1S/C12H19N3O3S/c1-12(2,3)18-11(16)15-10-8-13-9(7-14-10)5-6-19(4)17/h7-8H,5-6H2,1-4H3,(H,14,15,16). The first-order valence-corrected chi connectivity index (χ1v) is 7.60. The Morgan fingerprint density at radius 2 is 2.05 bits per heavy atom. The van der Waals surface area contributed by atoms with E-state index in [1.54, 1.807) is 33.2 Å². The minimum absolute atomic E-state index is 0.329. The van der Waals surface area contributed by atoms with E-state index in [1.165, 1.54) is 6.20 Å². The molecule has 0 saturated heterocycles. The summed E-state index contributed by atoms with van der Waals surface area (Å²) >= 11 is 0. The first kappa shape index (κ1) is 15.6. The first-order chi connectivity index (χ1) is 8.76. The number of rotatable bonds is 4. The highest BCUT2D eigenvalue weighted by Crippen LogP contribution is 2.09. The van der Waals surface area contributed by atoms with Gasteiger partial charge in [0.15, 0.2) is 5.82 Å². The molecule has 1 rings (SSSR count). The lowest BCUT2D eigenvalue weighted by molar-refractivity contribution is 0.0635. The number of nitrogens with zero attached hydrogens (tertiary/aromatic N) is 2. The Bertz CT molecular complexity index is 454. The molecule has 0 aliphatic carbocycles. The van der Waals surface area contributed by atoms with Crippen LogP contribution in [0.25, 0.3) is 0 Å². The SMILES string of the molecule is CS(=O)CCc1cnc(NC(=O)OC(C)(C)C)cn1. The van der Waals surface area contributed by atoms with Crippen molar-refractivity contribution in [2.24, 2.45) is 0 Å². The van der Waals surface area contributed by atoms with Gasteiger partial charge in [0, 0.05) is 29.2 Å². The number of hydrogen-bond acceptors (Lipinski definition) is 5. The molecule has 0 radical (unpaired) electrons. The Morgan fingerprint density at radius 3 is 2.53 bits per heavy atom. The van der Waals surface area contributed by atoms with Crippen molar-refractivity contribution in [1.29, 1.82) is 0 Å². The minimum Gasteiger partial charge on any atom is -0.444 e. The maximum atomic E-state index is 11.5. The molecule has 1 heterocycles. The molecule has 0 spiro atoms. The number of ether oxygens (including phenoxy) is 1. The van der Waals surface area contributed by atoms with Gasteiger partial charge in [-0.15, -0.1) is 0 Å². The molecule has 106 valence electrons. The zero-order valence-corrected chi connectivity index (χ0v) is 12.4. The third-order valence-corrected chi connectivity index (χ3v) is 2.76. The predicted octanol–water partition coefficient (Wildman–Crippen LogP) is 1.74. The summed E-state index contributed by atoms with van der Waals surface area (Å²) in [6.45, 7) is 5.35. The van der Waals surface area contributed by atoms with Gasteiger partial charge in [0.25, 0.3) is 0 Å². The molecule has 1 atom stereocenters. The van der Waals surface area contributed by atoms with E-state index in [9.17, 15) is 9.00 Å². The summed E-state index contributed by atoms with van der Waals surface area (Å²) < 4.78 is 16.0. The van der Waals surface area contributed by atoms with Gasteiger partial charge in [0.05, 0.1) is 18.1 Å². The van der Waals surface area contributed by atoms with E-state index in [0.717, 1.165) is 5.69 Å². The molecule has 1 unspecified atom stereocenters. The zero-order valence-electron chi connectivity index (χ0n) is 11.6. The maximum Gasteiger partial charge on any atom is 0.413 e. The fourth-order valence-electron chi connectivity index (χ4n) is 1.20. The number of aryl methyl sites for hydroxylation is 1. The second-order valence-corrected chi connectivity index (χ2v) is 6.60. The first-order valence-electron chi connectivity index (χ1n) is 5.87. The summed E-state index contributed by atoms with van der Waals surface area (Å²) in [6.07, 6.45) is 4.69. The Hall–Kier alpha value is -1.50. The lowest BCUT2D eigenvalue weighted by Crippen LogP contribution is -2.27. The van der Waals surface area contributed by atoms with Crippen LogP contribution in [0.3, 0.4) is 0 Å². The fraction of sp³-hybridized carbons (Fsp3) is 0.583. The van der Waals surface area contributed by atoms with Gasteiger partial charge in [-0.05, 0) is 20.8 Å².